The van der Waals surface area contributed by atoms with E-state index < -0.39 is 0 Å². The molecule has 1 fully saturated rings. The van der Waals surface area contributed by atoms with Gasteiger partial charge in [0.1, 0.15) is 11.9 Å². The minimum atomic E-state index is 0.0240. The summed E-state index contributed by atoms with van der Waals surface area (Å²) in [7, 11) is 1.77. The van der Waals surface area contributed by atoms with Crippen LogP contribution in [0.2, 0.25) is 0 Å². The predicted molar refractivity (Wildman–Crippen MR) is 110 cm³/mol. The molecule has 150 valence electrons. The molecule has 1 aromatic rings. The molecule has 6 heteroatoms. The first kappa shape index (κ1) is 21.1. The summed E-state index contributed by atoms with van der Waals surface area (Å²) >= 11 is 0. The number of hydrogen-bond acceptors (Lipinski definition) is 3. The quantitative estimate of drug-likeness (QED) is 0.515. The zero-order valence-electron chi connectivity index (χ0n) is 17.1. The van der Waals surface area contributed by atoms with E-state index in [1.165, 1.54) is 5.56 Å². The van der Waals surface area contributed by atoms with Gasteiger partial charge in [-0.3, -0.25) is 9.79 Å². The van der Waals surface area contributed by atoms with Crippen molar-refractivity contribution in [1.82, 2.24) is 15.5 Å². The molecule has 0 saturated carbocycles. The normalized spacial score (nSPS) is 17.0. The lowest BCUT2D eigenvalue weighted by atomic mass is 10.1. The maximum absolute atomic E-state index is 11.9. The number of rotatable bonds is 9. The zero-order valence-corrected chi connectivity index (χ0v) is 17.1. The molecular weight excluding hydrogens is 340 g/mol. The first-order chi connectivity index (χ1) is 13.0. The summed E-state index contributed by atoms with van der Waals surface area (Å²) in [6, 6.07) is 8.38. The summed E-state index contributed by atoms with van der Waals surface area (Å²) in [4.78, 5) is 18.2. The molecule has 6 nitrogen and oxygen atoms in total. The Morgan fingerprint density at radius 3 is 2.81 bits per heavy atom. The zero-order chi connectivity index (χ0) is 19.6. The number of aliphatic imine (C=N–C) groups is 1. The summed E-state index contributed by atoms with van der Waals surface area (Å²) in [6.07, 6.45) is 3.63. The van der Waals surface area contributed by atoms with Crippen LogP contribution in [0.25, 0.3) is 0 Å². The Morgan fingerprint density at radius 2 is 2.19 bits per heavy atom. The van der Waals surface area contributed by atoms with Crippen LogP contribution in [-0.2, 0) is 4.79 Å². The highest BCUT2D eigenvalue weighted by Gasteiger charge is 2.26. The molecule has 1 saturated heterocycles. The van der Waals surface area contributed by atoms with Crippen LogP contribution in [0.3, 0.4) is 0 Å². The van der Waals surface area contributed by atoms with Gasteiger partial charge in [-0.15, -0.1) is 0 Å². The Bertz CT molecular complexity index is 632. The van der Waals surface area contributed by atoms with Gasteiger partial charge in [0.15, 0.2) is 5.96 Å². The first-order valence-electron chi connectivity index (χ1n) is 10.0. The number of likely N-dealkylation sites (tertiary alicyclic amines) is 1. The molecule has 1 aliphatic heterocycles. The fourth-order valence-corrected chi connectivity index (χ4v) is 3.42. The topological polar surface area (TPSA) is 66.0 Å². The van der Waals surface area contributed by atoms with Crippen molar-refractivity contribution in [3.05, 3.63) is 29.8 Å². The van der Waals surface area contributed by atoms with Crippen molar-refractivity contribution in [2.45, 2.75) is 58.6 Å². The van der Waals surface area contributed by atoms with Crippen molar-refractivity contribution in [2.75, 3.05) is 26.7 Å². The van der Waals surface area contributed by atoms with Gasteiger partial charge in [0.25, 0.3) is 0 Å². The van der Waals surface area contributed by atoms with E-state index >= 15 is 0 Å². The van der Waals surface area contributed by atoms with Crippen LogP contribution in [0.1, 0.15) is 45.1 Å². The number of hydrogen-bond donors (Lipinski definition) is 2. The molecular formula is C21H34N4O2. The van der Waals surface area contributed by atoms with Crippen LogP contribution >= 0.6 is 0 Å². The minimum absolute atomic E-state index is 0.0240. The Kier molecular flexibility index (Phi) is 8.43. The van der Waals surface area contributed by atoms with Crippen molar-refractivity contribution in [1.29, 1.82) is 0 Å². The Balaban J connectivity index is 1.71. The van der Waals surface area contributed by atoms with Crippen molar-refractivity contribution < 1.29 is 9.53 Å². The lowest BCUT2D eigenvalue weighted by Gasteiger charge is -2.27. The fourth-order valence-electron chi connectivity index (χ4n) is 3.42. The predicted octanol–water partition coefficient (Wildman–Crippen LogP) is 2.72. The number of carbonyl (C=O) groups excluding carboxylic acids is 1. The van der Waals surface area contributed by atoms with Crippen LogP contribution in [0.15, 0.2) is 29.3 Å². The van der Waals surface area contributed by atoms with E-state index in [1.807, 2.05) is 30.0 Å². The average Bonchev–Trinajstić information content (AvgIpc) is 3.07. The number of benzene rings is 1. The number of nitrogens with zero attached hydrogens (tertiary/aromatic N) is 2. The van der Waals surface area contributed by atoms with E-state index in [4.69, 9.17) is 4.74 Å². The third kappa shape index (κ3) is 6.77. The highest BCUT2D eigenvalue weighted by atomic mass is 16.5. The van der Waals surface area contributed by atoms with Gasteiger partial charge >= 0.3 is 0 Å². The summed E-state index contributed by atoms with van der Waals surface area (Å²) in [5, 5.41) is 6.65. The minimum Gasteiger partial charge on any atom is -0.489 e. The van der Waals surface area contributed by atoms with Crippen LogP contribution in [0.5, 0.6) is 5.75 Å². The molecule has 1 heterocycles. The summed E-state index contributed by atoms with van der Waals surface area (Å²) < 4.78 is 5.94. The number of nitrogens with one attached hydrogen (secondary N) is 2. The average molecular weight is 375 g/mol. The Hall–Kier alpha value is -2.24. The van der Waals surface area contributed by atoms with Gasteiger partial charge < -0.3 is 20.3 Å². The SMILES string of the molecule is CCC(CCNC(=NC)NCC(C)Oc1cccc(C)c1)N1CCCC1=O. The second-order valence-electron chi connectivity index (χ2n) is 7.17. The van der Waals surface area contributed by atoms with Gasteiger partial charge in [-0.1, -0.05) is 19.1 Å². The number of amides is 1. The molecule has 27 heavy (non-hydrogen) atoms. The Labute approximate surface area is 163 Å². The smallest absolute Gasteiger partial charge is 0.222 e. The highest BCUT2D eigenvalue weighted by molar-refractivity contribution is 5.79. The third-order valence-corrected chi connectivity index (χ3v) is 4.90. The van der Waals surface area contributed by atoms with Crippen LogP contribution in [0, 0.1) is 6.92 Å². The molecule has 1 aromatic carbocycles. The molecule has 1 aliphatic rings. The number of aryl methyl sites for hydroxylation is 1. The van der Waals surface area contributed by atoms with Crippen molar-refractivity contribution in [3.63, 3.8) is 0 Å². The maximum atomic E-state index is 11.9. The van der Waals surface area contributed by atoms with Gasteiger partial charge in [0.2, 0.25) is 5.91 Å². The summed E-state index contributed by atoms with van der Waals surface area (Å²) in [5.74, 6) is 1.94. The molecule has 0 spiro atoms. The standard InChI is InChI=1S/C21H34N4O2/c1-5-18(25-13-7-10-20(25)26)11-12-23-21(22-4)24-15-17(3)27-19-9-6-8-16(2)14-19/h6,8-9,14,17-18H,5,7,10-13,15H2,1-4H3,(H2,22,23,24). The molecule has 0 radical (unpaired) electrons. The molecule has 0 aromatic heterocycles. The van der Waals surface area contributed by atoms with E-state index in [-0.39, 0.29) is 6.10 Å². The fraction of sp³-hybridized carbons (Fsp3) is 0.619. The van der Waals surface area contributed by atoms with Crippen molar-refractivity contribution in [2.24, 2.45) is 4.99 Å². The highest BCUT2D eigenvalue weighted by Crippen LogP contribution is 2.17. The van der Waals surface area contributed by atoms with Crippen LogP contribution in [-0.4, -0.2) is 55.6 Å². The van der Waals surface area contributed by atoms with Crippen molar-refractivity contribution in [3.8, 4) is 5.75 Å². The monoisotopic (exact) mass is 374 g/mol. The third-order valence-electron chi connectivity index (χ3n) is 4.90. The van der Waals surface area contributed by atoms with E-state index in [9.17, 15) is 4.79 Å². The van der Waals surface area contributed by atoms with Gasteiger partial charge in [0, 0.05) is 32.6 Å². The molecule has 2 unspecified atom stereocenters. The van der Waals surface area contributed by atoms with E-state index in [2.05, 4.69) is 35.5 Å². The molecule has 0 aliphatic carbocycles. The molecule has 1 amide bonds. The molecule has 0 bridgehead atoms. The summed E-state index contributed by atoms with van der Waals surface area (Å²) in [6.45, 7) is 8.59. The lowest BCUT2D eigenvalue weighted by molar-refractivity contribution is -0.129. The lowest BCUT2D eigenvalue weighted by Crippen LogP contribution is -2.44. The molecule has 2 N–H and O–H groups in total. The number of carbonyl (C=O) groups is 1. The second-order valence-corrected chi connectivity index (χ2v) is 7.17. The number of ether oxygens (including phenoxy) is 1. The largest absolute Gasteiger partial charge is 0.489 e. The van der Waals surface area contributed by atoms with E-state index in [0.717, 1.165) is 44.1 Å². The number of guanidine groups is 1. The van der Waals surface area contributed by atoms with Gasteiger partial charge in [-0.25, -0.2) is 0 Å². The molecule has 2 rings (SSSR count). The maximum Gasteiger partial charge on any atom is 0.222 e. The van der Waals surface area contributed by atoms with Crippen molar-refractivity contribution >= 4 is 11.9 Å². The van der Waals surface area contributed by atoms with Gasteiger partial charge in [-0.2, -0.15) is 0 Å². The van der Waals surface area contributed by atoms with E-state index in [1.54, 1.807) is 7.05 Å². The Morgan fingerprint density at radius 1 is 1.37 bits per heavy atom. The first-order valence-corrected chi connectivity index (χ1v) is 10.0. The summed E-state index contributed by atoms with van der Waals surface area (Å²) in [5.41, 5.74) is 1.19. The van der Waals surface area contributed by atoms with Gasteiger partial charge in [0.05, 0.1) is 6.54 Å². The van der Waals surface area contributed by atoms with Gasteiger partial charge in [-0.05, 0) is 50.8 Å². The van der Waals surface area contributed by atoms with E-state index in [0.29, 0.717) is 24.9 Å². The molecule has 2 atom stereocenters. The van der Waals surface area contributed by atoms with Crippen LogP contribution in [0.4, 0.5) is 0 Å². The second kappa shape index (κ2) is 10.8. The van der Waals surface area contributed by atoms with Crippen LogP contribution < -0.4 is 15.4 Å².